The number of benzene rings is 2. The summed E-state index contributed by atoms with van der Waals surface area (Å²) in [6.07, 6.45) is 1.51. The van der Waals surface area contributed by atoms with Crippen LogP contribution in [0.3, 0.4) is 0 Å². The minimum absolute atomic E-state index is 0.0572. The molecule has 0 saturated heterocycles. The molecular weight excluding hydrogens is 396 g/mol. The molecule has 3 aromatic rings. The first-order valence-corrected chi connectivity index (χ1v) is 10.2. The maximum atomic E-state index is 10.1. The van der Waals surface area contributed by atoms with Crippen LogP contribution in [0.25, 0.3) is 0 Å². The normalized spacial score (nSPS) is 12.9. The van der Waals surface area contributed by atoms with E-state index >= 15 is 0 Å². The molecule has 2 aromatic carbocycles. The molecule has 3 rings (SSSR count). The number of aliphatic hydroxyl groups is 3. The van der Waals surface area contributed by atoms with Gasteiger partial charge in [0.25, 0.3) is 0 Å². The van der Waals surface area contributed by atoms with Crippen LogP contribution in [0, 0.1) is 0 Å². The Morgan fingerprint density at radius 2 is 1.68 bits per heavy atom. The molecule has 1 heterocycles. The van der Waals surface area contributed by atoms with E-state index in [1.54, 1.807) is 18.3 Å². The van der Waals surface area contributed by atoms with Crippen molar-refractivity contribution in [3.8, 4) is 17.4 Å². The Bertz CT molecular complexity index is 905. The van der Waals surface area contributed by atoms with Crippen LogP contribution in [-0.4, -0.2) is 52.2 Å². The summed E-state index contributed by atoms with van der Waals surface area (Å²) >= 11 is 0. The van der Waals surface area contributed by atoms with Crippen LogP contribution in [-0.2, 0) is 13.0 Å². The second-order valence-electron chi connectivity index (χ2n) is 7.14. The van der Waals surface area contributed by atoms with Gasteiger partial charge in [-0.1, -0.05) is 30.3 Å². The van der Waals surface area contributed by atoms with Gasteiger partial charge in [-0.3, -0.25) is 0 Å². The first-order chi connectivity index (χ1) is 15.2. The monoisotopic (exact) mass is 424 g/mol. The zero-order valence-electron chi connectivity index (χ0n) is 17.2. The minimum atomic E-state index is -0.691. The maximum Gasteiger partial charge on any atom is 0.224 e. The number of nitrogens with zero attached hydrogens (tertiary/aromatic N) is 1. The predicted molar refractivity (Wildman–Crippen MR) is 117 cm³/mol. The zero-order chi connectivity index (χ0) is 21.9. The number of aromatic nitrogens is 1. The van der Waals surface area contributed by atoms with Crippen LogP contribution in [0.5, 0.6) is 17.4 Å². The highest BCUT2D eigenvalue weighted by atomic mass is 16.5. The molecule has 164 valence electrons. The summed E-state index contributed by atoms with van der Waals surface area (Å²) in [4.78, 5) is 4.14. The van der Waals surface area contributed by atoms with Crippen molar-refractivity contribution in [2.45, 2.75) is 25.2 Å². The molecule has 7 heteroatoms. The smallest absolute Gasteiger partial charge is 0.224 e. The molecular formula is C24H28N2O5. The summed E-state index contributed by atoms with van der Waals surface area (Å²) in [5, 5.41) is 32.4. The summed E-state index contributed by atoms with van der Waals surface area (Å²) in [5.74, 6) is 1.69. The van der Waals surface area contributed by atoms with Crippen molar-refractivity contribution in [3.05, 3.63) is 84.1 Å². The van der Waals surface area contributed by atoms with E-state index in [4.69, 9.17) is 9.47 Å². The molecule has 0 aliphatic rings. The lowest BCUT2D eigenvalue weighted by Gasteiger charge is -2.19. The van der Waals surface area contributed by atoms with Gasteiger partial charge < -0.3 is 30.1 Å². The van der Waals surface area contributed by atoms with Crippen molar-refractivity contribution >= 4 is 0 Å². The van der Waals surface area contributed by atoms with E-state index in [0.29, 0.717) is 35.9 Å². The van der Waals surface area contributed by atoms with Gasteiger partial charge in [-0.15, -0.1) is 0 Å². The molecule has 0 aliphatic carbocycles. The number of pyridine rings is 1. The maximum absolute atomic E-state index is 10.1. The molecule has 4 N–H and O–H groups in total. The Morgan fingerprint density at radius 1 is 0.903 bits per heavy atom. The first kappa shape index (κ1) is 22.7. The van der Waals surface area contributed by atoms with Gasteiger partial charge in [0.2, 0.25) is 5.88 Å². The molecule has 0 amide bonds. The second kappa shape index (κ2) is 12.0. The lowest BCUT2D eigenvalue weighted by Crippen LogP contribution is -2.41. The molecule has 0 aliphatic heterocycles. The van der Waals surface area contributed by atoms with E-state index in [1.807, 2.05) is 54.6 Å². The van der Waals surface area contributed by atoms with Gasteiger partial charge >= 0.3 is 0 Å². The van der Waals surface area contributed by atoms with Gasteiger partial charge in [0.15, 0.2) is 0 Å². The molecule has 0 saturated carbocycles. The fourth-order valence-corrected chi connectivity index (χ4v) is 3.00. The Kier molecular flexibility index (Phi) is 8.81. The van der Waals surface area contributed by atoms with Gasteiger partial charge in [-0.2, -0.15) is 0 Å². The lowest BCUT2D eigenvalue weighted by atomic mass is 10.1. The summed E-state index contributed by atoms with van der Waals surface area (Å²) in [6.45, 7) is 0.277. The fourth-order valence-electron chi connectivity index (χ4n) is 3.00. The number of para-hydroxylation sites is 1. The predicted octanol–water partition coefficient (Wildman–Crippen LogP) is 2.30. The molecule has 31 heavy (non-hydrogen) atoms. The van der Waals surface area contributed by atoms with Gasteiger partial charge in [-0.05, 0) is 48.4 Å². The Balaban J connectivity index is 1.46. The Morgan fingerprint density at radius 3 is 2.39 bits per heavy atom. The van der Waals surface area contributed by atoms with E-state index in [1.165, 1.54) is 0 Å². The van der Waals surface area contributed by atoms with E-state index in [-0.39, 0.29) is 25.9 Å². The van der Waals surface area contributed by atoms with Crippen LogP contribution in [0.4, 0.5) is 0 Å². The molecule has 2 unspecified atom stereocenters. The molecule has 0 radical (unpaired) electrons. The molecule has 1 aromatic heterocycles. The van der Waals surface area contributed by atoms with Crippen LogP contribution in [0.2, 0.25) is 0 Å². The summed E-state index contributed by atoms with van der Waals surface area (Å²) in [5.41, 5.74) is 1.63. The third-order valence-corrected chi connectivity index (χ3v) is 4.69. The number of ether oxygens (including phenoxy) is 2. The molecule has 7 nitrogen and oxygen atoms in total. The SMILES string of the molecule is OCc1cccnc1Oc1ccc(CC(CO)NCC(O)COc2ccccc2)cc1. The van der Waals surface area contributed by atoms with E-state index in [9.17, 15) is 15.3 Å². The van der Waals surface area contributed by atoms with Gasteiger partial charge in [0.05, 0.1) is 13.2 Å². The minimum Gasteiger partial charge on any atom is -0.491 e. The van der Waals surface area contributed by atoms with Crippen molar-refractivity contribution in [1.82, 2.24) is 10.3 Å². The first-order valence-electron chi connectivity index (χ1n) is 10.2. The van der Waals surface area contributed by atoms with Crippen molar-refractivity contribution in [1.29, 1.82) is 0 Å². The highest BCUT2D eigenvalue weighted by molar-refractivity contribution is 5.34. The van der Waals surface area contributed by atoms with E-state index < -0.39 is 6.10 Å². The quantitative estimate of drug-likeness (QED) is 0.354. The molecule has 0 spiro atoms. The van der Waals surface area contributed by atoms with Crippen LogP contribution in [0.1, 0.15) is 11.1 Å². The average Bonchev–Trinajstić information content (AvgIpc) is 2.82. The van der Waals surface area contributed by atoms with Crippen molar-refractivity contribution in [3.63, 3.8) is 0 Å². The van der Waals surface area contributed by atoms with Crippen LogP contribution >= 0.6 is 0 Å². The highest BCUT2D eigenvalue weighted by Gasteiger charge is 2.12. The average molecular weight is 424 g/mol. The number of rotatable bonds is 12. The number of hydrogen-bond acceptors (Lipinski definition) is 7. The summed E-state index contributed by atoms with van der Waals surface area (Å²) in [6, 6.07) is 20.1. The molecule has 0 bridgehead atoms. The standard InChI is InChI=1S/C24H28N2O5/c27-15-19-5-4-12-25-24(19)31-23-10-8-18(9-11-23)13-20(16-28)26-14-21(29)17-30-22-6-2-1-3-7-22/h1-12,20-21,26-29H,13-17H2. The summed E-state index contributed by atoms with van der Waals surface area (Å²) < 4.78 is 11.3. The lowest BCUT2D eigenvalue weighted by molar-refractivity contribution is 0.0997. The summed E-state index contributed by atoms with van der Waals surface area (Å²) in [7, 11) is 0. The third kappa shape index (κ3) is 7.34. The zero-order valence-corrected chi connectivity index (χ0v) is 17.2. The van der Waals surface area contributed by atoms with E-state index in [0.717, 1.165) is 5.56 Å². The molecule has 0 fully saturated rings. The third-order valence-electron chi connectivity index (χ3n) is 4.69. The van der Waals surface area contributed by atoms with Gasteiger partial charge in [-0.25, -0.2) is 4.98 Å². The topological polar surface area (TPSA) is 104 Å². The Hall–Kier alpha value is -2.97. The largest absolute Gasteiger partial charge is 0.491 e. The Labute approximate surface area is 181 Å². The molecule has 2 atom stereocenters. The van der Waals surface area contributed by atoms with Crippen molar-refractivity contribution < 1.29 is 24.8 Å². The second-order valence-corrected chi connectivity index (χ2v) is 7.14. The van der Waals surface area contributed by atoms with Crippen LogP contribution < -0.4 is 14.8 Å². The number of nitrogens with one attached hydrogen (secondary N) is 1. The van der Waals surface area contributed by atoms with Crippen molar-refractivity contribution in [2.24, 2.45) is 0 Å². The van der Waals surface area contributed by atoms with Crippen molar-refractivity contribution in [2.75, 3.05) is 19.8 Å². The fraction of sp³-hybridized carbons (Fsp3) is 0.292. The number of aliphatic hydroxyl groups excluding tert-OH is 3. The van der Waals surface area contributed by atoms with E-state index in [2.05, 4.69) is 10.3 Å². The van der Waals surface area contributed by atoms with Gasteiger partial charge in [0, 0.05) is 24.3 Å². The number of hydrogen-bond donors (Lipinski definition) is 4. The van der Waals surface area contributed by atoms with Gasteiger partial charge in [0.1, 0.15) is 24.2 Å². The highest BCUT2D eigenvalue weighted by Crippen LogP contribution is 2.23. The van der Waals surface area contributed by atoms with Crippen LogP contribution in [0.15, 0.2) is 72.9 Å².